The number of aromatic nitrogens is 2. The van der Waals surface area contributed by atoms with Gasteiger partial charge in [-0.25, -0.2) is 8.78 Å². The van der Waals surface area contributed by atoms with Gasteiger partial charge in [-0.15, -0.1) is 0 Å². The van der Waals surface area contributed by atoms with Gasteiger partial charge >= 0.3 is 0 Å². The zero-order chi connectivity index (χ0) is 26.3. The van der Waals surface area contributed by atoms with Gasteiger partial charge in [0.2, 0.25) is 0 Å². The smallest absolute Gasteiger partial charge is 0.253 e. The molecule has 0 radical (unpaired) electrons. The van der Waals surface area contributed by atoms with E-state index in [1.54, 1.807) is 25.1 Å². The van der Waals surface area contributed by atoms with Gasteiger partial charge in [0.05, 0.1) is 35.0 Å². The number of rotatable bonds is 5. The minimum absolute atomic E-state index is 0.0636. The van der Waals surface area contributed by atoms with Crippen LogP contribution in [0.25, 0.3) is 22.2 Å². The van der Waals surface area contributed by atoms with Crippen LogP contribution < -0.4 is 15.0 Å². The van der Waals surface area contributed by atoms with Crippen LogP contribution >= 0.6 is 0 Å². The molecule has 0 fully saturated rings. The third kappa shape index (κ3) is 4.37. The maximum Gasteiger partial charge on any atom is 0.253 e. The first-order valence-corrected chi connectivity index (χ1v) is 12.2. The van der Waals surface area contributed by atoms with Gasteiger partial charge in [0, 0.05) is 43.9 Å². The summed E-state index contributed by atoms with van der Waals surface area (Å²) in [7, 11) is 3.38. The average molecular weight is 503 g/mol. The monoisotopic (exact) mass is 502 g/mol. The zero-order valence-electron chi connectivity index (χ0n) is 21.2. The number of hydrogen-bond acceptors (Lipinski definition) is 5. The van der Waals surface area contributed by atoms with Crippen LogP contribution in [0.15, 0.2) is 54.9 Å². The third-order valence-corrected chi connectivity index (χ3v) is 6.70. The number of carbonyl (C=O) groups excluding carboxylic acids is 1. The van der Waals surface area contributed by atoms with E-state index in [2.05, 4.69) is 15.3 Å². The number of benzene rings is 2. The predicted molar refractivity (Wildman–Crippen MR) is 140 cm³/mol. The predicted octanol–water partition coefficient (Wildman–Crippen LogP) is 6.02. The Bertz CT molecular complexity index is 1500. The lowest BCUT2D eigenvalue weighted by Crippen LogP contribution is -2.33. The normalized spacial score (nSPS) is 14.8. The van der Waals surface area contributed by atoms with Gasteiger partial charge in [-0.05, 0) is 35.7 Å². The molecule has 0 spiro atoms. The van der Waals surface area contributed by atoms with Gasteiger partial charge in [-0.1, -0.05) is 32.0 Å². The Morgan fingerprint density at radius 3 is 2.65 bits per heavy atom. The lowest BCUT2D eigenvalue weighted by Gasteiger charge is -2.27. The van der Waals surface area contributed by atoms with Crippen molar-refractivity contribution in [2.45, 2.75) is 32.2 Å². The summed E-state index contributed by atoms with van der Waals surface area (Å²) in [5, 5.41) is 3.77. The molecule has 3 heterocycles. The SMILES string of the molecule is CC(C)c1c(C(=O)N[C@H]2CCOc3ccccc32)cnc2c(-c3c(F)ccc(N(C)C)c3F)nccc12. The largest absolute Gasteiger partial charge is 0.493 e. The lowest BCUT2D eigenvalue weighted by atomic mass is 9.92. The van der Waals surface area contributed by atoms with Crippen LogP contribution in [0.2, 0.25) is 0 Å². The van der Waals surface area contributed by atoms with E-state index in [0.717, 1.165) is 16.9 Å². The van der Waals surface area contributed by atoms with Gasteiger partial charge < -0.3 is 15.0 Å². The topological polar surface area (TPSA) is 67.3 Å². The summed E-state index contributed by atoms with van der Waals surface area (Å²) in [6.07, 6.45) is 3.63. The molecule has 1 N–H and O–H groups in total. The summed E-state index contributed by atoms with van der Waals surface area (Å²) in [5.74, 6) is -0.996. The first-order valence-electron chi connectivity index (χ1n) is 12.2. The number of ether oxygens (including phenoxy) is 1. The van der Waals surface area contributed by atoms with Crippen molar-refractivity contribution in [1.29, 1.82) is 0 Å². The highest BCUT2D eigenvalue weighted by atomic mass is 19.1. The molecule has 4 aromatic rings. The Kier molecular flexibility index (Phi) is 6.50. The van der Waals surface area contributed by atoms with Crippen molar-refractivity contribution in [3.8, 4) is 17.0 Å². The Balaban J connectivity index is 1.61. The van der Waals surface area contributed by atoms with E-state index in [1.807, 2.05) is 38.1 Å². The number of fused-ring (bicyclic) bond motifs is 2. The third-order valence-electron chi connectivity index (χ3n) is 6.70. The molecule has 0 saturated carbocycles. The van der Waals surface area contributed by atoms with Crippen molar-refractivity contribution < 1.29 is 18.3 Å². The summed E-state index contributed by atoms with van der Waals surface area (Å²) in [5.41, 5.74) is 2.54. The van der Waals surface area contributed by atoms with Crippen LogP contribution in [0.3, 0.4) is 0 Å². The number of pyridine rings is 2. The van der Waals surface area contributed by atoms with Crippen molar-refractivity contribution in [3.05, 3.63) is 83.2 Å². The summed E-state index contributed by atoms with van der Waals surface area (Å²) in [6.45, 7) is 4.46. The van der Waals surface area contributed by atoms with Gasteiger partial charge in [0.15, 0.2) is 5.82 Å². The maximum atomic E-state index is 15.4. The molecule has 1 atom stereocenters. The number of anilines is 1. The Labute approximate surface area is 214 Å². The summed E-state index contributed by atoms with van der Waals surface area (Å²) in [4.78, 5) is 24.0. The summed E-state index contributed by atoms with van der Waals surface area (Å²) in [6, 6.07) is 11.8. The molecule has 2 aromatic carbocycles. The van der Waals surface area contributed by atoms with Crippen LogP contribution in [-0.2, 0) is 0 Å². The molecule has 5 rings (SSSR count). The van der Waals surface area contributed by atoms with Gasteiger partial charge in [0.1, 0.15) is 17.3 Å². The van der Waals surface area contributed by atoms with Crippen LogP contribution in [0, 0.1) is 11.6 Å². The highest BCUT2D eigenvalue weighted by Crippen LogP contribution is 2.37. The van der Waals surface area contributed by atoms with Crippen LogP contribution in [-0.4, -0.2) is 36.6 Å². The molecule has 8 heteroatoms. The zero-order valence-corrected chi connectivity index (χ0v) is 21.2. The van der Waals surface area contributed by atoms with Crippen LogP contribution in [0.5, 0.6) is 5.75 Å². The van der Waals surface area contributed by atoms with E-state index in [9.17, 15) is 9.18 Å². The molecule has 6 nitrogen and oxygen atoms in total. The number of nitrogens with zero attached hydrogens (tertiary/aromatic N) is 3. The number of hydrogen-bond donors (Lipinski definition) is 1. The van der Waals surface area contributed by atoms with Crippen molar-refractivity contribution >= 4 is 22.5 Å². The minimum Gasteiger partial charge on any atom is -0.493 e. The van der Waals surface area contributed by atoms with Crippen molar-refractivity contribution in [1.82, 2.24) is 15.3 Å². The molecule has 1 amide bonds. The van der Waals surface area contributed by atoms with E-state index >= 15 is 4.39 Å². The lowest BCUT2D eigenvalue weighted by molar-refractivity contribution is 0.0923. The van der Waals surface area contributed by atoms with Gasteiger partial charge in [-0.3, -0.25) is 14.8 Å². The summed E-state index contributed by atoms with van der Waals surface area (Å²) >= 11 is 0. The first kappa shape index (κ1) is 24.6. The standard InChI is InChI=1S/C29H28F2N4O2/c1-16(2)24-18-11-13-32-28(25-20(30)9-10-22(26(25)31)35(3)4)27(18)33-15-19(24)29(36)34-21-12-14-37-23-8-6-5-7-17(21)23/h5-11,13,15-16,21H,12,14H2,1-4H3,(H,34,36)/t21-/m0/s1. The molecule has 0 aliphatic carbocycles. The van der Waals surface area contributed by atoms with Crippen molar-refractivity contribution in [2.24, 2.45) is 0 Å². The highest BCUT2D eigenvalue weighted by Gasteiger charge is 2.27. The van der Waals surface area contributed by atoms with Crippen molar-refractivity contribution in [2.75, 3.05) is 25.6 Å². The molecule has 0 unspecified atom stereocenters. The quantitative estimate of drug-likeness (QED) is 0.362. The van der Waals surface area contributed by atoms with E-state index in [0.29, 0.717) is 29.5 Å². The number of halogens is 2. The van der Waals surface area contributed by atoms with Crippen molar-refractivity contribution in [3.63, 3.8) is 0 Å². The number of amides is 1. The van der Waals surface area contributed by atoms with Gasteiger partial charge in [0.25, 0.3) is 5.91 Å². The van der Waals surface area contributed by atoms with Crippen LogP contribution in [0.1, 0.15) is 53.7 Å². The Morgan fingerprint density at radius 2 is 1.89 bits per heavy atom. The number of nitrogens with one attached hydrogen (secondary N) is 1. The average Bonchev–Trinajstić information content (AvgIpc) is 2.88. The Hall–Kier alpha value is -4.07. The molecule has 2 aromatic heterocycles. The molecule has 1 aliphatic rings. The fourth-order valence-corrected chi connectivity index (χ4v) is 4.96. The van der Waals surface area contributed by atoms with E-state index in [1.165, 1.54) is 24.5 Å². The second-order valence-electron chi connectivity index (χ2n) is 9.65. The van der Waals surface area contributed by atoms with E-state index in [-0.39, 0.29) is 34.8 Å². The number of carbonyl (C=O) groups is 1. The molecule has 37 heavy (non-hydrogen) atoms. The highest BCUT2D eigenvalue weighted by molar-refractivity contribution is 6.03. The Morgan fingerprint density at radius 1 is 1.11 bits per heavy atom. The van der Waals surface area contributed by atoms with Gasteiger partial charge in [-0.2, -0.15) is 0 Å². The minimum atomic E-state index is -0.726. The second-order valence-corrected chi connectivity index (χ2v) is 9.65. The fourth-order valence-electron chi connectivity index (χ4n) is 4.96. The van der Waals surface area contributed by atoms with E-state index in [4.69, 9.17) is 4.74 Å². The molecular weight excluding hydrogens is 474 g/mol. The van der Waals surface area contributed by atoms with E-state index < -0.39 is 11.6 Å². The maximum absolute atomic E-state index is 15.4. The molecular formula is C29H28F2N4O2. The molecule has 1 aliphatic heterocycles. The fraction of sp³-hybridized carbons (Fsp3) is 0.276. The second kappa shape index (κ2) is 9.76. The first-order chi connectivity index (χ1) is 17.8. The molecule has 190 valence electrons. The number of para-hydroxylation sites is 1. The van der Waals surface area contributed by atoms with Crippen LogP contribution in [0.4, 0.5) is 14.5 Å². The molecule has 0 saturated heterocycles. The summed E-state index contributed by atoms with van der Waals surface area (Å²) < 4.78 is 36.1. The molecule has 0 bridgehead atoms.